The van der Waals surface area contributed by atoms with E-state index in [9.17, 15) is 0 Å². The Morgan fingerprint density at radius 2 is 0.821 bits per heavy atom. The summed E-state index contributed by atoms with van der Waals surface area (Å²) in [5, 5.41) is 0. The Hall–Kier alpha value is -1.18. The van der Waals surface area contributed by atoms with Crippen LogP contribution in [0.2, 0.25) is 0 Å². The third kappa shape index (κ3) is 11.6. The van der Waals surface area contributed by atoms with Gasteiger partial charge in [0, 0.05) is 11.4 Å². The van der Waals surface area contributed by atoms with Crippen molar-refractivity contribution in [3.05, 3.63) is 23.3 Å². The van der Waals surface area contributed by atoms with Crippen molar-refractivity contribution >= 4 is 11.4 Å². The Morgan fingerprint density at radius 1 is 0.500 bits per heavy atom. The van der Waals surface area contributed by atoms with Gasteiger partial charge < -0.3 is 11.5 Å². The number of unbranched alkanes of at least 4 members (excludes halogenated alkanes) is 14. The van der Waals surface area contributed by atoms with Gasteiger partial charge in [0.05, 0.1) is 0 Å². The summed E-state index contributed by atoms with van der Waals surface area (Å²) in [7, 11) is 0. The maximum Gasteiger partial charge on any atom is 0.0380 e. The molecule has 0 saturated heterocycles. The molecule has 0 heterocycles. The number of nitrogens with two attached hydrogens (primary N) is 2. The molecule has 1 rings (SSSR count). The molecule has 0 amide bonds. The molecule has 1 aromatic carbocycles. The largest absolute Gasteiger partial charge is 0.399 e. The summed E-state index contributed by atoms with van der Waals surface area (Å²) in [4.78, 5) is 0. The molecule has 0 aliphatic heterocycles. The van der Waals surface area contributed by atoms with Gasteiger partial charge in [-0.15, -0.1) is 0 Å². The van der Waals surface area contributed by atoms with Crippen LogP contribution in [0.1, 0.15) is 128 Å². The first-order valence-electron chi connectivity index (χ1n) is 12.4. The van der Waals surface area contributed by atoms with E-state index in [4.69, 9.17) is 11.5 Å². The third-order valence-corrected chi connectivity index (χ3v) is 5.97. The van der Waals surface area contributed by atoms with Gasteiger partial charge in [0.15, 0.2) is 0 Å². The minimum absolute atomic E-state index is 0.887. The Kier molecular flexibility index (Phi) is 14.9. The van der Waals surface area contributed by atoms with Crippen LogP contribution in [0.4, 0.5) is 11.4 Å². The predicted octanol–water partition coefficient (Wildman–Crippen LogP) is 8.22. The van der Waals surface area contributed by atoms with Crippen LogP contribution in [-0.2, 0) is 12.8 Å². The Bertz CT molecular complexity index is 454. The van der Waals surface area contributed by atoms with Crippen molar-refractivity contribution in [3.63, 3.8) is 0 Å². The van der Waals surface area contributed by atoms with E-state index in [-0.39, 0.29) is 0 Å². The number of nitrogen functional groups attached to an aromatic ring is 2. The molecule has 0 atom stereocenters. The zero-order valence-electron chi connectivity index (χ0n) is 19.0. The molecule has 0 radical (unpaired) electrons. The molecule has 162 valence electrons. The smallest absolute Gasteiger partial charge is 0.0380 e. The molecule has 0 spiro atoms. The molecule has 1 aromatic rings. The van der Waals surface area contributed by atoms with Crippen LogP contribution in [0.3, 0.4) is 0 Å². The van der Waals surface area contributed by atoms with Gasteiger partial charge in [-0.3, -0.25) is 0 Å². The van der Waals surface area contributed by atoms with Crippen LogP contribution in [0.15, 0.2) is 12.1 Å². The zero-order chi connectivity index (χ0) is 20.5. The van der Waals surface area contributed by atoms with E-state index >= 15 is 0 Å². The SMILES string of the molecule is CCCCCCCCCCc1cc(N)cc(CCCCCCCCCC)c1N. The lowest BCUT2D eigenvalue weighted by Crippen LogP contribution is -2.03. The molecular formula is C26H48N2. The fourth-order valence-corrected chi connectivity index (χ4v) is 4.12. The van der Waals surface area contributed by atoms with Gasteiger partial charge in [-0.1, -0.05) is 104 Å². The first kappa shape index (κ1) is 24.9. The van der Waals surface area contributed by atoms with E-state index in [0.29, 0.717) is 0 Å². The molecule has 0 aromatic heterocycles. The maximum atomic E-state index is 6.49. The lowest BCUT2D eigenvalue weighted by atomic mass is 9.96. The lowest BCUT2D eigenvalue weighted by molar-refractivity contribution is 0.574. The monoisotopic (exact) mass is 388 g/mol. The molecule has 2 nitrogen and oxygen atoms in total. The molecular weight excluding hydrogens is 340 g/mol. The summed E-state index contributed by atoms with van der Waals surface area (Å²) in [6.07, 6.45) is 23.8. The van der Waals surface area contributed by atoms with Crippen LogP contribution >= 0.6 is 0 Å². The summed E-state index contributed by atoms with van der Waals surface area (Å²) >= 11 is 0. The first-order valence-corrected chi connectivity index (χ1v) is 12.4. The molecule has 0 saturated carbocycles. The Morgan fingerprint density at radius 3 is 1.18 bits per heavy atom. The number of hydrogen-bond donors (Lipinski definition) is 2. The van der Waals surface area contributed by atoms with Gasteiger partial charge in [0.1, 0.15) is 0 Å². The average molecular weight is 389 g/mol. The topological polar surface area (TPSA) is 52.0 Å². The van der Waals surface area contributed by atoms with Crippen molar-refractivity contribution in [1.29, 1.82) is 0 Å². The summed E-state index contributed by atoms with van der Waals surface area (Å²) < 4.78 is 0. The minimum Gasteiger partial charge on any atom is -0.399 e. The fourth-order valence-electron chi connectivity index (χ4n) is 4.12. The maximum absolute atomic E-state index is 6.49. The van der Waals surface area contributed by atoms with Gasteiger partial charge in [0.2, 0.25) is 0 Å². The average Bonchev–Trinajstić information content (AvgIpc) is 2.69. The van der Waals surface area contributed by atoms with Crippen molar-refractivity contribution in [2.45, 2.75) is 129 Å². The quantitative estimate of drug-likeness (QED) is 0.196. The van der Waals surface area contributed by atoms with Crippen LogP contribution in [0, 0.1) is 0 Å². The summed E-state index contributed by atoms with van der Waals surface area (Å²) in [5.74, 6) is 0. The van der Waals surface area contributed by atoms with E-state index in [1.807, 2.05) is 0 Å². The fraction of sp³-hybridized carbons (Fsp3) is 0.769. The standard InChI is InChI=1S/C26H48N2/c1-3-5-7-9-11-13-15-17-19-23-21-25(27)22-24(26(23)28)20-18-16-14-12-10-8-6-4-2/h21-22H,3-20,27-28H2,1-2H3. The number of anilines is 2. The lowest BCUT2D eigenvalue weighted by Gasteiger charge is -2.13. The number of hydrogen-bond acceptors (Lipinski definition) is 2. The minimum atomic E-state index is 0.887. The van der Waals surface area contributed by atoms with Crippen molar-refractivity contribution in [2.24, 2.45) is 0 Å². The Balaban J connectivity index is 2.26. The highest BCUT2D eigenvalue weighted by molar-refractivity contribution is 5.61. The number of benzene rings is 1. The van der Waals surface area contributed by atoms with E-state index < -0.39 is 0 Å². The molecule has 0 aliphatic rings. The highest BCUT2D eigenvalue weighted by Gasteiger charge is 2.07. The molecule has 2 heteroatoms. The first-order chi connectivity index (χ1) is 13.7. The molecule has 4 N–H and O–H groups in total. The van der Waals surface area contributed by atoms with Crippen molar-refractivity contribution in [2.75, 3.05) is 11.5 Å². The number of aryl methyl sites for hydroxylation is 2. The zero-order valence-corrected chi connectivity index (χ0v) is 19.0. The molecule has 0 fully saturated rings. The van der Waals surface area contributed by atoms with Crippen LogP contribution in [-0.4, -0.2) is 0 Å². The van der Waals surface area contributed by atoms with E-state index in [0.717, 1.165) is 24.2 Å². The van der Waals surface area contributed by atoms with Gasteiger partial charge in [-0.25, -0.2) is 0 Å². The van der Waals surface area contributed by atoms with Gasteiger partial charge in [0.25, 0.3) is 0 Å². The molecule has 0 unspecified atom stereocenters. The second-order valence-electron chi connectivity index (χ2n) is 8.70. The van der Waals surface area contributed by atoms with Crippen LogP contribution < -0.4 is 11.5 Å². The molecule has 0 aliphatic carbocycles. The van der Waals surface area contributed by atoms with E-state index in [1.54, 1.807) is 0 Å². The van der Waals surface area contributed by atoms with E-state index in [1.165, 1.54) is 114 Å². The predicted molar refractivity (Wildman–Crippen MR) is 128 cm³/mol. The normalized spacial score (nSPS) is 11.2. The van der Waals surface area contributed by atoms with Crippen molar-refractivity contribution in [3.8, 4) is 0 Å². The summed E-state index contributed by atoms with van der Waals surface area (Å²) in [6, 6.07) is 4.21. The summed E-state index contributed by atoms with van der Waals surface area (Å²) in [5.41, 5.74) is 17.1. The van der Waals surface area contributed by atoms with E-state index in [2.05, 4.69) is 26.0 Å². The second-order valence-corrected chi connectivity index (χ2v) is 8.70. The highest BCUT2D eigenvalue weighted by Crippen LogP contribution is 2.26. The van der Waals surface area contributed by atoms with Gasteiger partial charge >= 0.3 is 0 Å². The molecule has 28 heavy (non-hydrogen) atoms. The van der Waals surface area contributed by atoms with Gasteiger partial charge in [-0.2, -0.15) is 0 Å². The highest BCUT2D eigenvalue weighted by atomic mass is 14.6. The number of rotatable bonds is 18. The summed E-state index contributed by atoms with van der Waals surface area (Å²) in [6.45, 7) is 4.55. The third-order valence-electron chi connectivity index (χ3n) is 5.97. The Labute approximate surface area is 175 Å². The van der Waals surface area contributed by atoms with Gasteiger partial charge in [-0.05, 0) is 48.9 Å². The second kappa shape index (κ2) is 16.7. The van der Waals surface area contributed by atoms with Crippen molar-refractivity contribution in [1.82, 2.24) is 0 Å². The van der Waals surface area contributed by atoms with Crippen LogP contribution in [0.25, 0.3) is 0 Å². The molecule has 0 bridgehead atoms. The van der Waals surface area contributed by atoms with Crippen molar-refractivity contribution < 1.29 is 0 Å². The van der Waals surface area contributed by atoms with Crippen LogP contribution in [0.5, 0.6) is 0 Å².